The van der Waals surface area contributed by atoms with Crippen molar-refractivity contribution in [3.05, 3.63) is 58.1 Å². The molecule has 0 aliphatic heterocycles. The Morgan fingerprint density at radius 1 is 1.50 bits per heavy atom. The predicted molar refractivity (Wildman–Crippen MR) is 79.5 cm³/mol. The number of aromatic amines is 1. The van der Waals surface area contributed by atoms with Gasteiger partial charge < -0.3 is 4.57 Å². The maximum absolute atomic E-state index is 4.48. The number of rotatable bonds is 5. The number of aryl methyl sites for hydroxylation is 2. The van der Waals surface area contributed by atoms with Crippen LogP contribution in [0.4, 0.5) is 0 Å². The summed E-state index contributed by atoms with van der Waals surface area (Å²) >= 11 is 1.74. The van der Waals surface area contributed by atoms with Gasteiger partial charge in [-0.1, -0.05) is 6.07 Å². The second-order valence-corrected chi connectivity index (χ2v) is 5.73. The van der Waals surface area contributed by atoms with Crippen LogP contribution in [0, 0.1) is 6.92 Å². The van der Waals surface area contributed by atoms with Gasteiger partial charge in [0.15, 0.2) is 0 Å². The Morgan fingerprint density at radius 2 is 2.40 bits per heavy atom. The van der Waals surface area contributed by atoms with Crippen molar-refractivity contribution in [1.82, 2.24) is 25.1 Å². The van der Waals surface area contributed by atoms with Gasteiger partial charge in [0.05, 0.1) is 6.20 Å². The van der Waals surface area contributed by atoms with E-state index in [1.807, 2.05) is 32.6 Å². The number of nitrogens with one attached hydrogen (secondary N) is 2. The molecule has 0 spiro atoms. The average molecular weight is 287 g/mol. The van der Waals surface area contributed by atoms with Gasteiger partial charge in [-0.15, -0.1) is 11.3 Å². The van der Waals surface area contributed by atoms with Crippen molar-refractivity contribution in [2.24, 2.45) is 7.05 Å². The van der Waals surface area contributed by atoms with Crippen LogP contribution in [-0.4, -0.2) is 19.7 Å². The number of thiophene rings is 1. The molecule has 3 aromatic rings. The zero-order chi connectivity index (χ0) is 13.9. The predicted octanol–water partition coefficient (Wildman–Crippen LogP) is 2.39. The number of hydrogen-bond acceptors (Lipinski definition) is 4. The van der Waals surface area contributed by atoms with Crippen LogP contribution in [0.1, 0.15) is 28.0 Å². The first-order valence-electron chi connectivity index (χ1n) is 6.48. The van der Waals surface area contributed by atoms with Gasteiger partial charge in [-0.2, -0.15) is 5.10 Å². The molecule has 1 unspecified atom stereocenters. The normalized spacial score (nSPS) is 12.7. The molecule has 0 aliphatic rings. The van der Waals surface area contributed by atoms with Crippen molar-refractivity contribution in [3.8, 4) is 0 Å². The molecule has 20 heavy (non-hydrogen) atoms. The summed E-state index contributed by atoms with van der Waals surface area (Å²) in [6, 6.07) is 4.31. The Bertz CT molecular complexity index is 667. The number of nitrogens with zero attached hydrogens (tertiary/aromatic N) is 3. The lowest BCUT2D eigenvalue weighted by molar-refractivity contribution is 0.564. The highest BCUT2D eigenvalue weighted by Crippen LogP contribution is 2.25. The van der Waals surface area contributed by atoms with E-state index in [0.29, 0.717) is 0 Å². The fraction of sp³-hybridized carbons (Fsp3) is 0.286. The second-order valence-electron chi connectivity index (χ2n) is 4.75. The van der Waals surface area contributed by atoms with Crippen LogP contribution in [0.25, 0.3) is 0 Å². The first kappa shape index (κ1) is 13.1. The Morgan fingerprint density at radius 3 is 3.00 bits per heavy atom. The smallest absolute Gasteiger partial charge is 0.131 e. The summed E-state index contributed by atoms with van der Waals surface area (Å²) in [5.74, 6) is 1.02. The third-order valence-corrected chi connectivity index (χ3v) is 4.31. The SMILES string of the molecule is Cc1[nH]ncc1CNC(c1cccs1)c1nccn1C. The van der Waals surface area contributed by atoms with Crippen LogP contribution in [0.3, 0.4) is 0 Å². The molecule has 0 fully saturated rings. The standard InChI is InChI=1S/C14H17N5S/c1-10-11(9-17-18-10)8-16-13(12-4-3-7-20-12)14-15-5-6-19(14)2/h3-7,9,13,16H,8H2,1-2H3,(H,17,18). The molecule has 3 aromatic heterocycles. The Labute approximate surface area is 121 Å². The summed E-state index contributed by atoms with van der Waals surface area (Å²) in [4.78, 5) is 5.74. The molecule has 0 aromatic carbocycles. The first-order valence-corrected chi connectivity index (χ1v) is 7.36. The molecule has 3 heterocycles. The molecule has 1 atom stereocenters. The van der Waals surface area contributed by atoms with Crippen molar-refractivity contribution in [3.63, 3.8) is 0 Å². The van der Waals surface area contributed by atoms with E-state index in [4.69, 9.17) is 0 Å². The number of hydrogen-bond donors (Lipinski definition) is 2. The first-order chi connectivity index (χ1) is 9.75. The molecule has 0 amide bonds. The van der Waals surface area contributed by atoms with Crippen molar-refractivity contribution < 1.29 is 0 Å². The van der Waals surface area contributed by atoms with Crippen molar-refractivity contribution in [2.75, 3.05) is 0 Å². The highest BCUT2D eigenvalue weighted by atomic mass is 32.1. The summed E-state index contributed by atoms with van der Waals surface area (Å²) < 4.78 is 2.06. The van der Waals surface area contributed by atoms with Gasteiger partial charge in [-0.05, 0) is 18.4 Å². The molecule has 0 saturated heterocycles. The van der Waals surface area contributed by atoms with E-state index in [1.165, 1.54) is 10.4 Å². The van der Waals surface area contributed by atoms with E-state index >= 15 is 0 Å². The van der Waals surface area contributed by atoms with Crippen molar-refractivity contribution in [2.45, 2.75) is 19.5 Å². The van der Waals surface area contributed by atoms with Crippen LogP contribution in [0.2, 0.25) is 0 Å². The molecule has 0 radical (unpaired) electrons. The number of imidazole rings is 1. The molecule has 104 valence electrons. The van der Waals surface area contributed by atoms with E-state index in [-0.39, 0.29) is 6.04 Å². The molecule has 0 bridgehead atoms. The maximum atomic E-state index is 4.48. The number of H-pyrrole nitrogens is 1. The van der Waals surface area contributed by atoms with Crippen LogP contribution >= 0.6 is 11.3 Å². The Hall–Kier alpha value is -1.92. The van der Waals surface area contributed by atoms with E-state index in [0.717, 1.165) is 18.1 Å². The van der Waals surface area contributed by atoms with Crippen LogP contribution in [-0.2, 0) is 13.6 Å². The van der Waals surface area contributed by atoms with Crippen molar-refractivity contribution >= 4 is 11.3 Å². The van der Waals surface area contributed by atoms with Gasteiger partial charge >= 0.3 is 0 Å². The van der Waals surface area contributed by atoms with Gasteiger partial charge in [0.2, 0.25) is 0 Å². The molecule has 0 saturated carbocycles. The van der Waals surface area contributed by atoms with Crippen molar-refractivity contribution in [1.29, 1.82) is 0 Å². The van der Waals surface area contributed by atoms with Gasteiger partial charge in [0.1, 0.15) is 11.9 Å². The van der Waals surface area contributed by atoms with Crippen LogP contribution < -0.4 is 5.32 Å². The lowest BCUT2D eigenvalue weighted by atomic mass is 10.2. The molecule has 3 rings (SSSR count). The molecule has 0 aliphatic carbocycles. The third-order valence-electron chi connectivity index (χ3n) is 3.38. The highest BCUT2D eigenvalue weighted by Gasteiger charge is 2.19. The summed E-state index contributed by atoms with van der Waals surface area (Å²) in [6.07, 6.45) is 5.67. The largest absolute Gasteiger partial charge is 0.336 e. The zero-order valence-corrected chi connectivity index (χ0v) is 12.3. The summed E-state index contributed by atoms with van der Waals surface area (Å²) in [6.45, 7) is 2.79. The van der Waals surface area contributed by atoms with E-state index in [1.54, 1.807) is 11.3 Å². The second kappa shape index (κ2) is 5.60. The van der Waals surface area contributed by atoms with E-state index in [2.05, 4.69) is 42.6 Å². The molecule has 6 heteroatoms. The molecular formula is C14H17N5S. The van der Waals surface area contributed by atoms with Crippen LogP contribution in [0.15, 0.2) is 36.1 Å². The third kappa shape index (κ3) is 2.52. The molecular weight excluding hydrogens is 270 g/mol. The van der Waals surface area contributed by atoms with Gasteiger partial charge in [0, 0.05) is 42.1 Å². The van der Waals surface area contributed by atoms with Gasteiger partial charge in [0.25, 0.3) is 0 Å². The zero-order valence-electron chi connectivity index (χ0n) is 11.5. The van der Waals surface area contributed by atoms with E-state index in [9.17, 15) is 0 Å². The minimum Gasteiger partial charge on any atom is -0.336 e. The highest BCUT2D eigenvalue weighted by molar-refractivity contribution is 7.10. The van der Waals surface area contributed by atoms with E-state index < -0.39 is 0 Å². The summed E-state index contributed by atoms with van der Waals surface area (Å²) in [5, 5.41) is 12.7. The Kier molecular flexibility index (Phi) is 3.66. The maximum Gasteiger partial charge on any atom is 0.131 e. The Balaban J connectivity index is 1.84. The summed E-state index contributed by atoms with van der Waals surface area (Å²) in [5.41, 5.74) is 2.28. The summed E-state index contributed by atoms with van der Waals surface area (Å²) in [7, 11) is 2.02. The fourth-order valence-corrected chi connectivity index (χ4v) is 2.99. The minimum absolute atomic E-state index is 0.101. The van der Waals surface area contributed by atoms with Gasteiger partial charge in [-0.3, -0.25) is 10.4 Å². The quantitative estimate of drug-likeness (QED) is 0.757. The lowest BCUT2D eigenvalue weighted by Gasteiger charge is -2.17. The van der Waals surface area contributed by atoms with Crippen LogP contribution in [0.5, 0.6) is 0 Å². The minimum atomic E-state index is 0.101. The van der Waals surface area contributed by atoms with Gasteiger partial charge in [-0.25, -0.2) is 4.98 Å². The number of aromatic nitrogens is 4. The molecule has 5 nitrogen and oxygen atoms in total. The average Bonchev–Trinajstić information content (AvgIpc) is 3.15. The topological polar surface area (TPSA) is 58.5 Å². The fourth-order valence-electron chi connectivity index (χ4n) is 2.20. The molecule has 2 N–H and O–H groups in total. The monoisotopic (exact) mass is 287 g/mol. The lowest BCUT2D eigenvalue weighted by Crippen LogP contribution is -2.24.